The molecule has 1 atom stereocenters. The number of benzene rings is 1. The molecule has 0 fully saturated rings. The Balaban J connectivity index is 1.62. The van der Waals surface area contributed by atoms with Crippen LogP contribution in [0.4, 0.5) is 0 Å². The number of aromatic nitrogens is 2. The number of fused-ring (bicyclic) bond motifs is 1. The highest BCUT2D eigenvalue weighted by atomic mass is 32.1. The lowest BCUT2D eigenvalue weighted by molar-refractivity contribution is 0.0319. The molecule has 0 saturated carbocycles. The van der Waals surface area contributed by atoms with Gasteiger partial charge < -0.3 is 14.5 Å². The van der Waals surface area contributed by atoms with Crippen LogP contribution >= 0.6 is 22.7 Å². The van der Waals surface area contributed by atoms with E-state index in [1.165, 1.54) is 18.4 Å². The van der Waals surface area contributed by atoms with Gasteiger partial charge in [0.2, 0.25) is 0 Å². The van der Waals surface area contributed by atoms with Crippen LogP contribution in [0, 0.1) is 0 Å². The number of hydrogen-bond donors (Lipinski definition) is 1. The van der Waals surface area contributed by atoms with Crippen molar-refractivity contribution in [3.63, 3.8) is 0 Å². The van der Waals surface area contributed by atoms with Gasteiger partial charge in [0.1, 0.15) is 10.6 Å². The van der Waals surface area contributed by atoms with Crippen LogP contribution in [0.25, 0.3) is 20.7 Å². The van der Waals surface area contributed by atoms with E-state index in [1.807, 2.05) is 22.9 Å². The van der Waals surface area contributed by atoms with E-state index in [0.717, 1.165) is 10.4 Å². The quantitative estimate of drug-likeness (QED) is 0.483. The summed E-state index contributed by atoms with van der Waals surface area (Å²) in [5.74, 6) is 0.364. The number of H-pyrrole nitrogens is 1. The number of ether oxygens (including phenoxy) is 2. The zero-order chi connectivity index (χ0) is 19.7. The molecule has 0 amide bonds. The summed E-state index contributed by atoms with van der Waals surface area (Å²) in [6.07, 6.45) is -0.705. The first-order chi connectivity index (χ1) is 13.6. The summed E-state index contributed by atoms with van der Waals surface area (Å²) in [5.41, 5.74) is 0.996. The smallest absolute Gasteiger partial charge is 0.338 e. The highest BCUT2D eigenvalue weighted by Gasteiger charge is 2.19. The predicted octanol–water partition coefficient (Wildman–Crippen LogP) is 4.64. The van der Waals surface area contributed by atoms with Crippen molar-refractivity contribution in [1.82, 2.24) is 9.97 Å². The maximum absolute atomic E-state index is 12.7. The number of nitrogens with one attached hydrogen (secondary N) is 1. The van der Waals surface area contributed by atoms with Crippen molar-refractivity contribution in [1.29, 1.82) is 0 Å². The molecule has 0 radical (unpaired) electrons. The van der Waals surface area contributed by atoms with Crippen LogP contribution in [0.2, 0.25) is 0 Å². The van der Waals surface area contributed by atoms with Crippen LogP contribution in [0.1, 0.15) is 29.2 Å². The fourth-order valence-corrected chi connectivity index (χ4v) is 4.58. The molecule has 3 aromatic heterocycles. The number of rotatable bonds is 5. The predicted molar refractivity (Wildman–Crippen MR) is 110 cm³/mol. The van der Waals surface area contributed by atoms with Gasteiger partial charge in [-0.05, 0) is 36.6 Å². The van der Waals surface area contributed by atoms with E-state index in [0.29, 0.717) is 27.4 Å². The molecule has 0 aliphatic heterocycles. The Morgan fingerprint density at radius 1 is 1.21 bits per heavy atom. The number of carbonyl (C=O) groups excluding carboxylic acids is 1. The lowest BCUT2D eigenvalue weighted by atomic mass is 10.2. The van der Waals surface area contributed by atoms with Gasteiger partial charge in [-0.2, -0.15) is 0 Å². The molecule has 4 aromatic rings. The summed E-state index contributed by atoms with van der Waals surface area (Å²) in [5, 5.41) is 4.45. The first-order valence-corrected chi connectivity index (χ1v) is 10.2. The maximum atomic E-state index is 12.7. The third-order valence-electron chi connectivity index (χ3n) is 4.22. The van der Waals surface area contributed by atoms with Gasteiger partial charge in [0.05, 0.1) is 18.1 Å². The molecular formula is C20H16N2O4S2. The Kier molecular flexibility index (Phi) is 4.97. The van der Waals surface area contributed by atoms with Crippen LogP contribution in [-0.4, -0.2) is 23.0 Å². The molecular weight excluding hydrogens is 396 g/mol. The van der Waals surface area contributed by atoms with E-state index in [9.17, 15) is 9.59 Å². The largest absolute Gasteiger partial charge is 0.497 e. The Morgan fingerprint density at radius 3 is 2.82 bits per heavy atom. The van der Waals surface area contributed by atoms with Crippen LogP contribution in [0.5, 0.6) is 5.75 Å². The van der Waals surface area contributed by atoms with Gasteiger partial charge >= 0.3 is 5.97 Å². The van der Waals surface area contributed by atoms with Crippen molar-refractivity contribution in [2.24, 2.45) is 0 Å². The SMILES string of the molecule is COc1cccc(C(=O)O[C@H](C)c2nc3scc(-c4cccs4)c3c(=O)[nH]2)c1. The third kappa shape index (κ3) is 3.44. The Bertz CT molecular complexity index is 1190. The lowest BCUT2D eigenvalue weighted by Crippen LogP contribution is -2.17. The molecule has 1 aromatic carbocycles. The van der Waals surface area contributed by atoms with E-state index in [1.54, 1.807) is 42.5 Å². The van der Waals surface area contributed by atoms with Crippen molar-refractivity contribution < 1.29 is 14.3 Å². The van der Waals surface area contributed by atoms with Crippen molar-refractivity contribution in [3.05, 3.63) is 68.9 Å². The Labute approximate surface area is 168 Å². The van der Waals surface area contributed by atoms with Crippen LogP contribution in [0.15, 0.2) is 52.0 Å². The van der Waals surface area contributed by atoms with Crippen LogP contribution < -0.4 is 10.3 Å². The summed E-state index contributed by atoms with van der Waals surface area (Å²) >= 11 is 2.97. The molecule has 0 aliphatic rings. The van der Waals surface area contributed by atoms with E-state index in [4.69, 9.17) is 9.47 Å². The Morgan fingerprint density at radius 2 is 2.07 bits per heavy atom. The van der Waals surface area contributed by atoms with Gasteiger partial charge in [0.25, 0.3) is 5.56 Å². The molecule has 4 rings (SSSR count). The summed E-state index contributed by atoms with van der Waals surface area (Å²) in [7, 11) is 1.53. The minimum absolute atomic E-state index is 0.242. The number of esters is 1. The van der Waals surface area contributed by atoms with Crippen molar-refractivity contribution in [3.8, 4) is 16.2 Å². The molecule has 0 unspecified atom stereocenters. The van der Waals surface area contributed by atoms with Gasteiger partial charge in [-0.1, -0.05) is 12.1 Å². The Hall–Kier alpha value is -2.97. The summed E-state index contributed by atoms with van der Waals surface area (Å²) < 4.78 is 10.6. The first-order valence-electron chi connectivity index (χ1n) is 8.47. The standard InChI is InChI=1S/C20H16N2O4S2/c1-11(26-20(24)12-5-3-6-13(9-12)25-2)17-21-18(23)16-14(10-28-19(16)22-17)15-7-4-8-27-15/h3-11H,1-2H3,(H,21,22,23)/t11-/m1/s1. The average molecular weight is 412 g/mol. The average Bonchev–Trinajstić information content (AvgIpc) is 3.37. The summed E-state index contributed by atoms with van der Waals surface area (Å²) in [6.45, 7) is 1.68. The molecule has 8 heteroatoms. The van der Waals surface area contributed by atoms with Crippen molar-refractivity contribution >= 4 is 38.9 Å². The first kappa shape index (κ1) is 18.4. The van der Waals surface area contributed by atoms with E-state index in [-0.39, 0.29) is 5.56 Å². The molecule has 0 spiro atoms. The van der Waals surface area contributed by atoms with Crippen molar-refractivity contribution in [2.75, 3.05) is 7.11 Å². The zero-order valence-corrected chi connectivity index (χ0v) is 16.7. The normalized spacial score (nSPS) is 12.1. The van der Waals surface area contributed by atoms with Gasteiger partial charge in [0.15, 0.2) is 11.9 Å². The van der Waals surface area contributed by atoms with Gasteiger partial charge in [-0.15, -0.1) is 22.7 Å². The molecule has 6 nitrogen and oxygen atoms in total. The number of methoxy groups -OCH3 is 1. The highest BCUT2D eigenvalue weighted by molar-refractivity contribution is 7.18. The second-order valence-electron chi connectivity index (χ2n) is 6.04. The van der Waals surface area contributed by atoms with Gasteiger partial charge in [-0.25, -0.2) is 9.78 Å². The second kappa shape index (κ2) is 7.57. The van der Waals surface area contributed by atoms with Crippen LogP contribution in [-0.2, 0) is 4.74 Å². The summed E-state index contributed by atoms with van der Waals surface area (Å²) in [4.78, 5) is 34.0. The second-order valence-corrected chi connectivity index (χ2v) is 7.84. The highest BCUT2D eigenvalue weighted by Crippen LogP contribution is 2.34. The fraction of sp³-hybridized carbons (Fsp3) is 0.150. The molecule has 0 saturated heterocycles. The number of nitrogens with zero attached hydrogens (tertiary/aromatic N) is 1. The molecule has 142 valence electrons. The molecule has 28 heavy (non-hydrogen) atoms. The molecule has 1 N–H and O–H groups in total. The van der Waals surface area contributed by atoms with E-state index < -0.39 is 12.1 Å². The molecule has 0 bridgehead atoms. The van der Waals surface area contributed by atoms with Crippen molar-refractivity contribution in [2.45, 2.75) is 13.0 Å². The van der Waals surface area contributed by atoms with Crippen LogP contribution in [0.3, 0.4) is 0 Å². The lowest BCUT2D eigenvalue weighted by Gasteiger charge is -2.13. The van der Waals surface area contributed by atoms with E-state index >= 15 is 0 Å². The van der Waals surface area contributed by atoms with Gasteiger partial charge in [-0.3, -0.25) is 4.79 Å². The molecule has 0 aliphatic carbocycles. The maximum Gasteiger partial charge on any atom is 0.338 e. The monoisotopic (exact) mass is 412 g/mol. The topological polar surface area (TPSA) is 81.3 Å². The van der Waals surface area contributed by atoms with Gasteiger partial charge in [0, 0.05) is 15.8 Å². The minimum Gasteiger partial charge on any atom is -0.497 e. The minimum atomic E-state index is -0.705. The number of carbonyl (C=O) groups is 1. The third-order valence-corrected chi connectivity index (χ3v) is 6.00. The number of thiophene rings is 2. The fourth-order valence-electron chi connectivity index (χ4n) is 2.81. The molecule has 3 heterocycles. The number of hydrogen-bond acceptors (Lipinski definition) is 7. The zero-order valence-electron chi connectivity index (χ0n) is 15.1. The summed E-state index contributed by atoms with van der Waals surface area (Å²) in [6, 6.07) is 10.6. The van der Waals surface area contributed by atoms with E-state index in [2.05, 4.69) is 9.97 Å². The number of aromatic amines is 1.